The summed E-state index contributed by atoms with van der Waals surface area (Å²) in [6.45, 7) is 2.25. The molecule has 4 N–H and O–H groups in total. The summed E-state index contributed by atoms with van der Waals surface area (Å²) in [4.78, 5) is 46.9. The number of carbonyl (C=O) groups excluding carboxylic acids is 3. The lowest BCUT2D eigenvalue weighted by Gasteiger charge is -2.09. The van der Waals surface area contributed by atoms with Crippen LogP contribution in [-0.4, -0.2) is 28.8 Å². The molecule has 0 radical (unpaired) electrons. The molecule has 1 rings (SSSR count). The molecule has 0 unspecified atom stereocenters. The smallest absolute Gasteiger partial charge is 0.337 e. The second kappa shape index (κ2) is 19.4. The number of carboxylic acids is 1. The highest BCUT2D eigenvalue weighted by Gasteiger charge is 2.14. The Morgan fingerprint density at radius 3 is 1.69 bits per heavy atom. The van der Waals surface area contributed by atoms with Crippen LogP contribution < -0.4 is 16.2 Å². The van der Waals surface area contributed by atoms with Gasteiger partial charge in [0, 0.05) is 6.42 Å². The van der Waals surface area contributed by atoms with Crippen LogP contribution in [0.15, 0.2) is 24.3 Å². The van der Waals surface area contributed by atoms with Gasteiger partial charge < -0.3 is 10.4 Å². The largest absolute Gasteiger partial charge is 0.478 e. The molecule has 0 bridgehead atoms. The topological polar surface area (TPSA) is 125 Å². The van der Waals surface area contributed by atoms with Crippen molar-refractivity contribution in [1.82, 2.24) is 10.9 Å². The zero-order valence-electron chi connectivity index (χ0n) is 21.2. The molecule has 0 aliphatic heterocycles. The third kappa shape index (κ3) is 15.6. The number of nitrogens with one attached hydrogen (secondary N) is 3. The summed E-state index contributed by atoms with van der Waals surface area (Å²) in [6, 6.07) is 5.92. The molecule has 0 atom stereocenters. The maximum atomic E-state index is 12.0. The number of hydrogen-bond donors (Lipinski definition) is 4. The van der Waals surface area contributed by atoms with Crippen molar-refractivity contribution in [3.05, 3.63) is 29.8 Å². The third-order valence-corrected chi connectivity index (χ3v) is 5.85. The molecule has 1 aromatic rings. The molecule has 0 spiro atoms. The van der Waals surface area contributed by atoms with E-state index in [1.165, 1.54) is 82.8 Å². The molecule has 3 amide bonds. The highest BCUT2D eigenvalue weighted by Crippen LogP contribution is 2.15. The van der Waals surface area contributed by atoms with Gasteiger partial charge in [-0.3, -0.25) is 25.2 Å². The van der Waals surface area contributed by atoms with Crippen molar-refractivity contribution < 1.29 is 24.3 Å². The lowest BCUT2D eigenvalue weighted by atomic mass is 10.0. The molecule has 0 fully saturated rings. The Morgan fingerprint density at radius 2 is 1.14 bits per heavy atom. The molecule has 1 aromatic carbocycles. The van der Waals surface area contributed by atoms with E-state index in [0.717, 1.165) is 19.3 Å². The number of para-hydroxylation sites is 1. The van der Waals surface area contributed by atoms with Gasteiger partial charge in [-0.2, -0.15) is 0 Å². The zero-order chi connectivity index (χ0) is 25.7. The van der Waals surface area contributed by atoms with Crippen LogP contribution in [0.5, 0.6) is 0 Å². The van der Waals surface area contributed by atoms with Gasteiger partial charge >= 0.3 is 5.97 Å². The molecule has 0 aliphatic carbocycles. The number of rotatable bonds is 19. The second-order valence-electron chi connectivity index (χ2n) is 9.02. The Labute approximate surface area is 209 Å². The Bertz CT molecular complexity index is 782. The molecular formula is C27H43N3O5. The minimum atomic E-state index is -1.18. The van der Waals surface area contributed by atoms with Crippen molar-refractivity contribution in [2.75, 3.05) is 5.32 Å². The molecule has 35 heavy (non-hydrogen) atoms. The van der Waals surface area contributed by atoms with Gasteiger partial charge in [0.1, 0.15) is 6.42 Å². The molecule has 196 valence electrons. The minimum Gasteiger partial charge on any atom is -0.478 e. The summed E-state index contributed by atoms with van der Waals surface area (Å²) < 4.78 is 0. The van der Waals surface area contributed by atoms with Gasteiger partial charge in [-0.05, 0) is 18.6 Å². The maximum Gasteiger partial charge on any atom is 0.337 e. The van der Waals surface area contributed by atoms with Gasteiger partial charge in [0.25, 0.3) is 0 Å². The number of amides is 3. The molecule has 0 saturated heterocycles. The summed E-state index contributed by atoms with van der Waals surface area (Å²) in [7, 11) is 0. The van der Waals surface area contributed by atoms with Crippen LogP contribution in [0.25, 0.3) is 0 Å². The first kappa shape index (κ1) is 30.1. The van der Waals surface area contributed by atoms with Gasteiger partial charge in [-0.15, -0.1) is 0 Å². The van der Waals surface area contributed by atoms with Crippen molar-refractivity contribution in [2.45, 2.75) is 110 Å². The van der Waals surface area contributed by atoms with Crippen molar-refractivity contribution in [2.24, 2.45) is 0 Å². The fourth-order valence-electron chi connectivity index (χ4n) is 3.85. The van der Waals surface area contributed by atoms with Crippen LogP contribution in [0.4, 0.5) is 5.69 Å². The SMILES string of the molecule is CCCCCCCCCCCCCCCCC(=O)NNC(=O)CC(=O)Nc1ccccc1C(=O)O. The zero-order valence-corrected chi connectivity index (χ0v) is 21.2. The highest BCUT2D eigenvalue weighted by molar-refractivity contribution is 6.06. The van der Waals surface area contributed by atoms with Crippen LogP contribution in [0.1, 0.15) is 120 Å². The van der Waals surface area contributed by atoms with Crippen LogP contribution >= 0.6 is 0 Å². The lowest BCUT2D eigenvalue weighted by Crippen LogP contribution is -2.42. The van der Waals surface area contributed by atoms with Crippen molar-refractivity contribution in [3.63, 3.8) is 0 Å². The third-order valence-electron chi connectivity index (χ3n) is 5.85. The first-order valence-corrected chi connectivity index (χ1v) is 13.1. The van der Waals surface area contributed by atoms with E-state index >= 15 is 0 Å². The number of hydrazine groups is 1. The summed E-state index contributed by atoms with van der Waals surface area (Å²) in [5, 5.41) is 11.5. The number of unbranched alkanes of at least 4 members (excludes halogenated alkanes) is 13. The van der Waals surface area contributed by atoms with Gasteiger partial charge in [0.2, 0.25) is 17.7 Å². The van der Waals surface area contributed by atoms with Crippen molar-refractivity contribution in [1.29, 1.82) is 0 Å². The van der Waals surface area contributed by atoms with Gasteiger partial charge in [-0.25, -0.2) is 4.79 Å². The fraction of sp³-hybridized carbons (Fsp3) is 0.630. The Morgan fingerprint density at radius 1 is 0.657 bits per heavy atom. The Hall–Kier alpha value is -2.90. The van der Waals surface area contributed by atoms with E-state index in [2.05, 4.69) is 23.1 Å². The van der Waals surface area contributed by atoms with Crippen molar-refractivity contribution in [3.8, 4) is 0 Å². The van der Waals surface area contributed by atoms with Crippen molar-refractivity contribution >= 4 is 29.4 Å². The van der Waals surface area contributed by atoms with E-state index in [-0.39, 0.29) is 17.2 Å². The monoisotopic (exact) mass is 489 g/mol. The highest BCUT2D eigenvalue weighted by atomic mass is 16.4. The number of anilines is 1. The van der Waals surface area contributed by atoms with E-state index in [9.17, 15) is 19.2 Å². The predicted octanol–water partition coefficient (Wildman–Crippen LogP) is 5.73. The molecule has 0 heterocycles. The predicted molar refractivity (Wildman–Crippen MR) is 138 cm³/mol. The summed E-state index contributed by atoms with van der Waals surface area (Å²) in [6.07, 6.45) is 17.2. The van der Waals surface area contributed by atoms with Gasteiger partial charge in [0.15, 0.2) is 0 Å². The first-order chi connectivity index (χ1) is 16.9. The fourth-order valence-corrected chi connectivity index (χ4v) is 3.85. The van der Waals surface area contributed by atoms with E-state index in [1.807, 2.05) is 0 Å². The minimum absolute atomic E-state index is 0.0669. The number of carbonyl (C=O) groups is 4. The summed E-state index contributed by atoms with van der Waals surface area (Å²) in [5.74, 6) is -2.82. The standard InChI is InChI=1S/C27H43N3O5/c1-2-3-4-5-6-7-8-9-10-11-12-13-14-15-20-24(31)29-30-26(33)21-25(32)28-23-19-17-16-18-22(23)27(34)35/h16-19H,2-15,20-21H2,1H3,(H,28,32)(H,29,31)(H,30,33)(H,34,35). The van der Waals surface area contributed by atoms with E-state index in [1.54, 1.807) is 12.1 Å². The molecule has 0 aliphatic rings. The number of benzene rings is 1. The number of aromatic carboxylic acids is 1. The number of hydrogen-bond acceptors (Lipinski definition) is 4. The average molecular weight is 490 g/mol. The van der Waals surface area contributed by atoms with Crippen LogP contribution in [0, 0.1) is 0 Å². The molecule has 0 saturated carbocycles. The normalized spacial score (nSPS) is 10.5. The van der Waals surface area contributed by atoms with E-state index < -0.39 is 24.2 Å². The van der Waals surface area contributed by atoms with Crippen LogP contribution in [0.2, 0.25) is 0 Å². The molecule has 8 heteroatoms. The maximum absolute atomic E-state index is 12.0. The van der Waals surface area contributed by atoms with Gasteiger partial charge in [0.05, 0.1) is 11.3 Å². The molecule has 0 aromatic heterocycles. The second-order valence-corrected chi connectivity index (χ2v) is 9.02. The lowest BCUT2D eigenvalue weighted by molar-refractivity contribution is -0.131. The average Bonchev–Trinajstić information content (AvgIpc) is 2.83. The molecular weight excluding hydrogens is 446 g/mol. The van der Waals surface area contributed by atoms with Crippen LogP contribution in [-0.2, 0) is 14.4 Å². The Kier molecular flexibility index (Phi) is 16.7. The van der Waals surface area contributed by atoms with E-state index in [4.69, 9.17) is 5.11 Å². The van der Waals surface area contributed by atoms with Gasteiger partial charge in [-0.1, -0.05) is 103 Å². The Balaban J connectivity index is 2.00. The van der Waals surface area contributed by atoms with E-state index in [0.29, 0.717) is 6.42 Å². The molecule has 8 nitrogen and oxygen atoms in total. The first-order valence-electron chi connectivity index (χ1n) is 13.1. The number of carboxylic acid groups (broad SMARTS) is 1. The van der Waals surface area contributed by atoms with Crippen LogP contribution in [0.3, 0.4) is 0 Å². The summed E-state index contributed by atoms with van der Waals surface area (Å²) >= 11 is 0. The summed E-state index contributed by atoms with van der Waals surface area (Å²) in [5.41, 5.74) is 4.58. The quantitative estimate of drug-likeness (QED) is 0.112.